The lowest BCUT2D eigenvalue weighted by Crippen LogP contribution is -2.62. The largest absolute Gasteiger partial charge is 0.573 e. The molecule has 2 aromatic carbocycles. The third kappa shape index (κ3) is 7.65. The first-order valence-electron chi connectivity index (χ1n) is 13.0. The van der Waals surface area contributed by atoms with Crippen LogP contribution in [0.25, 0.3) is 22.3 Å². The highest BCUT2D eigenvalue weighted by Crippen LogP contribution is 2.54. The monoisotopic (exact) mass is 636 g/mol. The van der Waals surface area contributed by atoms with E-state index in [4.69, 9.17) is 14.3 Å². The van der Waals surface area contributed by atoms with E-state index in [0.717, 1.165) is 31.4 Å². The van der Waals surface area contributed by atoms with Crippen molar-refractivity contribution < 1.29 is 67.3 Å². The Hall–Kier alpha value is -3.23. The van der Waals surface area contributed by atoms with Gasteiger partial charge in [-0.05, 0) is 48.7 Å². The molecule has 4 nitrogen and oxygen atoms in total. The molecule has 3 aromatic rings. The van der Waals surface area contributed by atoms with Crippen LogP contribution in [0.1, 0.15) is 44.6 Å². The van der Waals surface area contributed by atoms with Crippen LogP contribution >= 0.6 is 0 Å². The Bertz CT molecular complexity index is 1370. The Morgan fingerprint density at radius 3 is 2.02 bits per heavy atom. The summed E-state index contributed by atoms with van der Waals surface area (Å²) in [5.74, 6) is -25.1. The fourth-order valence-electron chi connectivity index (χ4n) is 4.16. The van der Waals surface area contributed by atoms with Crippen LogP contribution in [-0.4, -0.2) is 48.4 Å². The van der Waals surface area contributed by atoms with Gasteiger partial charge in [0.1, 0.15) is 22.8 Å². The molecule has 0 bridgehead atoms. The maximum absolute atomic E-state index is 14.1. The van der Waals surface area contributed by atoms with Crippen molar-refractivity contribution in [1.29, 1.82) is 0 Å². The molecule has 1 aromatic heterocycles. The second-order valence-electron chi connectivity index (χ2n) is 9.78. The van der Waals surface area contributed by atoms with Gasteiger partial charge in [0.2, 0.25) is 0 Å². The van der Waals surface area contributed by atoms with Gasteiger partial charge in [-0.1, -0.05) is 25.8 Å². The van der Waals surface area contributed by atoms with Gasteiger partial charge in [-0.3, -0.25) is 0 Å². The molecule has 1 heterocycles. The SMILES string of the molecule is CCCCCc1ccc(-c2cc3ccc(OCCC(F)(F)C(F)(F)C(F)(F)C(F)(F)CCO)cc3o2)c(OC(F)(F)F)c1. The summed E-state index contributed by atoms with van der Waals surface area (Å²) in [5.41, 5.74) is 0.515. The minimum Gasteiger partial charge on any atom is -0.493 e. The van der Waals surface area contributed by atoms with Gasteiger partial charge < -0.3 is 19.0 Å². The van der Waals surface area contributed by atoms with E-state index in [2.05, 4.69) is 4.74 Å². The van der Waals surface area contributed by atoms with Crippen LogP contribution in [0, 0.1) is 0 Å². The fourth-order valence-corrected chi connectivity index (χ4v) is 4.16. The van der Waals surface area contributed by atoms with Crippen LogP contribution in [0.15, 0.2) is 46.9 Å². The van der Waals surface area contributed by atoms with Gasteiger partial charge in [0, 0.05) is 24.5 Å². The van der Waals surface area contributed by atoms with Gasteiger partial charge in [-0.15, -0.1) is 13.2 Å². The lowest BCUT2D eigenvalue weighted by Gasteiger charge is -2.36. The van der Waals surface area contributed by atoms with E-state index in [1.807, 2.05) is 6.92 Å². The van der Waals surface area contributed by atoms with Crippen molar-refractivity contribution >= 4 is 11.0 Å². The van der Waals surface area contributed by atoms with Gasteiger partial charge >= 0.3 is 30.1 Å². The number of aliphatic hydroxyl groups is 1. The quantitative estimate of drug-likeness (QED) is 0.133. The molecule has 0 amide bonds. The summed E-state index contributed by atoms with van der Waals surface area (Å²) in [6.45, 7) is -0.988. The lowest BCUT2D eigenvalue weighted by molar-refractivity contribution is -0.368. The van der Waals surface area contributed by atoms with E-state index in [1.165, 1.54) is 24.3 Å². The Kier molecular flexibility index (Phi) is 10.2. The van der Waals surface area contributed by atoms with Gasteiger partial charge in [0.15, 0.2) is 0 Å². The minimum atomic E-state index is -6.50. The van der Waals surface area contributed by atoms with Crippen LogP contribution in [0.4, 0.5) is 48.3 Å². The topological polar surface area (TPSA) is 51.8 Å². The smallest absolute Gasteiger partial charge is 0.493 e. The van der Waals surface area contributed by atoms with Crippen molar-refractivity contribution in [2.75, 3.05) is 13.2 Å². The molecule has 0 radical (unpaired) electrons. The number of unbranched alkanes of at least 4 members (excludes halogenated alkanes) is 2. The molecule has 0 saturated carbocycles. The van der Waals surface area contributed by atoms with Gasteiger partial charge in [0.05, 0.1) is 18.6 Å². The Morgan fingerprint density at radius 2 is 1.42 bits per heavy atom. The number of alkyl halides is 11. The van der Waals surface area contributed by atoms with Crippen molar-refractivity contribution in [2.45, 2.75) is 75.5 Å². The predicted octanol–water partition coefficient (Wildman–Crippen LogP) is 9.42. The minimum absolute atomic E-state index is 0.0234. The number of benzene rings is 2. The third-order valence-electron chi connectivity index (χ3n) is 6.52. The molecular weight excluding hydrogens is 609 g/mol. The maximum atomic E-state index is 14.1. The number of rotatable bonds is 15. The average Bonchev–Trinajstić information content (AvgIpc) is 3.31. The van der Waals surface area contributed by atoms with Crippen LogP contribution in [0.2, 0.25) is 0 Å². The molecule has 0 aliphatic heterocycles. The fraction of sp³-hybridized carbons (Fsp3) is 0.500. The van der Waals surface area contributed by atoms with Crippen molar-refractivity contribution in [3.05, 3.63) is 48.0 Å². The summed E-state index contributed by atoms with van der Waals surface area (Å²) in [4.78, 5) is 0. The number of hydrogen-bond donors (Lipinski definition) is 1. The first-order chi connectivity index (χ1) is 19.8. The van der Waals surface area contributed by atoms with Crippen molar-refractivity contribution in [3.8, 4) is 22.8 Å². The summed E-state index contributed by atoms with van der Waals surface area (Å²) < 4.78 is 164. The molecule has 0 unspecified atom stereocenters. The summed E-state index contributed by atoms with van der Waals surface area (Å²) in [6.07, 6.45) is -6.23. The van der Waals surface area contributed by atoms with E-state index in [-0.39, 0.29) is 22.7 Å². The Morgan fingerprint density at radius 1 is 0.767 bits per heavy atom. The average molecular weight is 636 g/mol. The first-order valence-corrected chi connectivity index (χ1v) is 13.0. The highest BCUT2D eigenvalue weighted by molar-refractivity contribution is 5.85. The van der Waals surface area contributed by atoms with E-state index >= 15 is 0 Å². The molecule has 0 aliphatic carbocycles. The standard InChI is InChI=1S/C28H27F11O4/c1-2-3-4-5-17-6-9-20(23(14-17)43-28(37,38)39)22-15-18-7-8-19(16-21(18)42-22)41-13-11-25(31,32)27(35,36)26(33,34)24(29,30)10-12-40/h6-9,14-16,40H,2-5,10-13H2,1H3. The molecule has 0 spiro atoms. The summed E-state index contributed by atoms with van der Waals surface area (Å²) in [7, 11) is 0. The molecule has 240 valence electrons. The number of furan rings is 1. The van der Waals surface area contributed by atoms with E-state index in [0.29, 0.717) is 17.4 Å². The summed E-state index contributed by atoms with van der Waals surface area (Å²) >= 11 is 0. The summed E-state index contributed by atoms with van der Waals surface area (Å²) in [6, 6.07) is 9.12. The molecule has 43 heavy (non-hydrogen) atoms. The van der Waals surface area contributed by atoms with Crippen LogP contribution < -0.4 is 9.47 Å². The van der Waals surface area contributed by atoms with E-state index in [9.17, 15) is 48.3 Å². The van der Waals surface area contributed by atoms with Crippen LogP contribution in [0.3, 0.4) is 0 Å². The number of aliphatic hydroxyl groups excluding tert-OH is 1. The molecule has 0 fully saturated rings. The van der Waals surface area contributed by atoms with Crippen molar-refractivity contribution in [1.82, 2.24) is 0 Å². The van der Waals surface area contributed by atoms with Gasteiger partial charge in [0.25, 0.3) is 0 Å². The second-order valence-corrected chi connectivity index (χ2v) is 9.78. The highest BCUT2D eigenvalue weighted by atomic mass is 19.4. The Labute approximate surface area is 238 Å². The number of fused-ring (bicyclic) bond motifs is 1. The summed E-state index contributed by atoms with van der Waals surface area (Å²) in [5, 5.41) is 8.74. The molecule has 1 N–H and O–H groups in total. The second kappa shape index (κ2) is 12.8. The molecular formula is C28H27F11O4. The predicted molar refractivity (Wildman–Crippen MR) is 133 cm³/mol. The van der Waals surface area contributed by atoms with Crippen molar-refractivity contribution in [3.63, 3.8) is 0 Å². The molecule has 0 saturated heterocycles. The first kappa shape index (κ1) is 34.3. The van der Waals surface area contributed by atoms with Gasteiger partial charge in [-0.2, -0.15) is 35.1 Å². The van der Waals surface area contributed by atoms with Crippen molar-refractivity contribution in [2.24, 2.45) is 0 Å². The number of hydrogen-bond acceptors (Lipinski definition) is 4. The Balaban J connectivity index is 1.79. The van der Waals surface area contributed by atoms with Crippen LogP contribution in [0.5, 0.6) is 11.5 Å². The molecule has 3 rings (SSSR count). The van der Waals surface area contributed by atoms with E-state index in [1.54, 1.807) is 6.07 Å². The maximum Gasteiger partial charge on any atom is 0.573 e. The van der Waals surface area contributed by atoms with E-state index < -0.39 is 61.9 Å². The third-order valence-corrected chi connectivity index (χ3v) is 6.52. The zero-order chi connectivity index (χ0) is 32.3. The molecule has 0 aliphatic rings. The number of halogens is 11. The van der Waals surface area contributed by atoms with Gasteiger partial charge in [-0.25, -0.2) is 0 Å². The normalized spacial score (nSPS) is 13.5. The lowest BCUT2D eigenvalue weighted by atomic mass is 9.95. The zero-order valence-corrected chi connectivity index (χ0v) is 22.5. The zero-order valence-electron chi connectivity index (χ0n) is 22.5. The molecule has 0 atom stereocenters. The number of ether oxygens (including phenoxy) is 2. The number of aryl methyl sites for hydroxylation is 1. The van der Waals surface area contributed by atoms with Crippen LogP contribution in [-0.2, 0) is 6.42 Å². The molecule has 15 heteroatoms. The highest BCUT2D eigenvalue weighted by Gasteiger charge is 2.79.